The van der Waals surface area contributed by atoms with Gasteiger partial charge >= 0.3 is 6.09 Å². The molecular formula is C15H23N3O5S. The minimum Gasteiger partial charge on any atom is -0.444 e. The first-order valence-corrected chi connectivity index (χ1v) is 9.18. The summed E-state index contributed by atoms with van der Waals surface area (Å²) in [6.45, 7) is 5.40. The molecule has 0 spiro atoms. The van der Waals surface area contributed by atoms with Crippen molar-refractivity contribution >= 4 is 33.4 Å². The van der Waals surface area contributed by atoms with Crippen molar-refractivity contribution in [2.24, 2.45) is 0 Å². The van der Waals surface area contributed by atoms with Crippen LogP contribution in [0.25, 0.3) is 0 Å². The maximum absolute atomic E-state index is 11.8. The maximum Gasteiger partial charge on any atom is 0.407 e. The Kier molecular flexibility index (Phi) is 6.59. The fourth-order valence-corrected chi connectivity index (χ4v) is 2.22. The number of carbonyl (C=O) groups is 2. The van der Waals surface area contributed by atoms with Crippen LogP contribution in [0.3, 0.4) is 0 Å². The number of benzene rings is 1. The van der Waals surface area contributed by atoms with E-state index in [0.717, 1.165) is 6.26 Å². The molecule has 0 aliphatic rings. The van der Waals surface area contributed by atoms with Crippen LogP contribution in [0.1, 0.15) is 27.2 Å². The minimum atomic E-state index is -3.34. The van der Waals surface area contributed by atoms with E-state index in [0.29, 0.717) is 11.4 Å². The third-order valence-electron chi connectivity index (χ3n) is 2.49. The van der Waals surface area contributed by atoms with Crippen molar-refractivity contribution in [1.29, 1.82) is 0 Å². The molecule has 9 heteroatoms. The molecule has 1 aromatic rings. The van der Waals surface area contributed by atoms with Gasteiger partial charge in [0.25, 0.3) is 0 Å². The Hall–Kier alpha value is -2.29. The van der Waals surface area contributed by atoms with E-state index in [4.69, 9.17) is 4.74 Å². The quantitative estimate of drug-likeness (QED) is 0.720. The Balaban J connectivity index is 2.39. The van der Waals surface area contributed by atoms with Gasteiger partial charge in [0.1, 0.15) is 5.60 Å². The zero-order valence-electron chi connectivity index (χ0n) is 14.2. The Morgan fingerprint density at radius 2 is 1.62 bits per heavy atom. The molecule has 24 heavy (non-hydrogen) atoms. The first kappa shape index (κ1) is 19.8. The molecular weight excluding hydrogens is 334 g/mol. The average molecular weight is 357 g/mol. The number of nitrogens with one attached hydrogen (secondary N) is 3. The third-order valence-corrected chi connectivity index (χ3v) is 3.10. The highest BCUT2D eigenvalue weighted by Crippen LogP contribution is 2.14. The van der Waals surface area contributed by atoms with Gasteiger partial charge in [0.2, 0.25) is 15.9 Å². The molecule has 0 radical (unpaired) electrons. The molecule has 8 nitrogen and oxygen atoms in total. The molecule has 3 N–H and O–H groups in total. The van der Waals surface area contributed by atoms with Crippen LogP contribution in [0.2, 0.25) is 0 Å². The van der Waals surface area contributed by atoms with E-state index < -0.39 is 21.7 Å². The van der Waals surface area contributed by atoms with Crippen molar-refractivity contribution in [3.8, 4) is 0 Å². The van der Waals surface area contributed by atoms with E-state index in [-0.39, 0.29) is 18.9 Å². The maximum atomic E-state index is 11.8. The van der Waals surface area contributed by atoms with E-state index >= 15 is 0 Å². The number of rotatable bonds is 6. The molecule has 0 saturated carbocycles. The lowest BCUT2D eigenvalue weighted by Crippen LogP contribution is -2.34. The topological polar surface area (TPSA) is 114 Å². The highest BCUT2D eigenvalue weighted by molar-refractivity contribution is 7.92. The normalized spacial score (nSPS) is 11.5. The molecule has 2 amide bonds. The lowest BCUT2D eigenvalue weighted by molar-refractivity contribution is -0.116. The van der Waals surface area contributed by atoms with Crippen LogP contribution in [-0.4, -0.2) is 38.8 Å². The number of hydrogen-bond donors (Lipinski definition) is 3. The summed E-state index contributed by atoms with van der Waals surface area (Å²) in [5.74, 6) is -0.283. The molecule has 0 atom stereocenters. The zero-order valence-corrected chi connectivity index (χ0v) is 15.0. The van der Waals surface area contributed by atoms with Crippen LogP contribution in [0.15, 0.2) is 24.3 Å². The predicted molar refractivity (Wildman–Crippen MR) is 92.4 cm³/mol. The number of ether oxygens (including phenoxy) is 1. The number of sulfonamides is 1. The fraction of sp³-hybridized carbons (Fsp3) is 0.467. The van der Waals surface area contributed by atoms with Crippen LogP contribution < -0.4 is 15.4 Å². The molecule has 134 valence electrons. The van der Waals surface area contributed by atoms with Gasteiger partial charge in [-0.25, -0.2) is 13.2 Å². The molecule has 0 aromatic heterocycles. The van der Waals surface area contributed by atoms with E-state index in [1.165, 1.54) is 12.1 Å². The highest BCUT2D eigenvalue weighted by atomic mass is 32.2. The van der Waals surface area contributed by atoms with Gasteiger partial charge in [-0.05, 0) is 45.0 Å². The van der Waals surface area contributed by atoms with E-state index in [1.807, 2.05) is 0 Å². The van der Waals surface area contributed by atoms with Gasteiger partial charge in [-0.3, -0.25) is 9.52 Å². The van der Waals surface area contributed by atoms with Crippen LogP contribution in [0.4, 0.5) is 16.2 Å². The molecule has 0 saturated heterocycles. The van der Waals surface area contributed by atoms with Gasteiger partial charge in [0, 0.05) is 24.3 Å². The van der Waals surface area contributed by atoms with Crippen molar-refractivity contribution in [1.82, 2.24) is 5.32 Å². The summed E-state index contributed by atoms with van der Waals surface area (Å²) in [5.41, 5.74) is 0.340. The minimum absolute atomic E-state index is 0.0859. The summed E-state index contributed by atoms with van der Waals surface area (Å²) in [6.07, 6.45) is 0.564. The standard InChI is InChI=1S/C15H23N3O5S/c1-15(2,3)23-14(20)16-10-9-13(19)17-11-5-7-12(8-6-11)18-24(4,21)22/h5-8,18H,9-10H2,1-4H3,(H,16,20)(H,17,19). The Morgan fingerprint density at radius 3 is 2.12 bits per heavy atom. The van der Waals surface area contributed by atoms with Crippen molar-refractivity contribution in [3.05, 3.63) is 24.3 Å². The summed E-state index contributed by atoms with van der Waals surface area (Å²) < 4.78 is 29.6. The van der Waals surface area contributed by atoms with E-state index in [9.17, 15) is 18.0 Å². The van der Waals surface area contributed by atoms with Crippen molar-refractivity contribution < 1.29 is 22.7 Å². The van der Waals surface area contributed by atoms with Gasteiger partial charge < -0.3 is 15.4 Å². The SMILES string of the molecule is CC(C)(C)OC(=O)NCCC(=O)Nc1ccc(NS(C)(=O)=O)cc1. The summed E-state index contributed by atoms with van der Waals surface area (Å²) >= 11 is 0. The summed E-state index contributed by atoms with van der Waals surface area (Å²) in [7, 11) is -3.34. The number of amides is 2. The average Bonchev–Trinajstić information content (AvgIpc) is 2.37. The zero-order chi connectivity index (χ0) is 18.4. The Bertz CT molecular complexity index is 678. The third kappa shape index (κ3) is 8.99. The fourth-order valence-electron chi connectivity index (χ4n) is 1.65. The Morgan fingerprint density at radius 1 is 1.08 bits per heavy atom. The van der Waals surface area contributed by atoms with Crippen LogP contribution in [-0.2, 0) is 19.6 Å². The smallest absolute Gasteiger partial charge is 0.407 e. The second-order valence-electron chi connectivity index (χ2n) is 6.18. The molecule has 0 fully saturated rings. The first-order valence-electron chi connectivity index (χ1n) is 7.29. The van der Waals surface area contributed by atoms with Crippen molar-refractivity contribution in [2.45, 2.75) is 32.8 Å². The van der Waals surface area contributed by atoms with Gasteiger partial charge in [-0.15, -0.1) is 0 Å². The number of anilines is 2. The van der Waals surface area contributed by atoms with Crippen LogP contribution in [0.5, 0.6) is 0 Å². The molecule has 0 aliphatic carbocycles. The first-order chi connectivity index (χ1) is 10.9. The van der Waals surface area contributed by atoms with Gasteiger partial charge in [0.15, 0.2) is 0 Å². The predicted octanol–water partition coefficient (Wildman–Crippen LogP) is 1.91. The summed E-state index contributed by atoms with van der Waals surface area (Å²) in [5, 5.41) is 5.14. The molecule has 0 bridgehead atoms. The van der Waals surface area contributed by atoms with Crippen molar-refractivity contribution in [3.63, 3.8) is 0 Å². The number of carbonyl (C=O) groups excluding carboxylic acids is 2. The molecule has 1 rings (SSSR count). The second-order valence-corrected chi connectivity index (χ2v) is 7.93. The van der Waals surface area contributed by atoms with Gasteiger partial charge in [-0.2, -0.15) is 0 Å². The van der Waals surface area contributed by atoms with E-state index in [1.54, 1.807) is 32.9 Å². The van der Waals surface area contributed by atoms with E-state index in [2.05, 4.69) is 15.4 Å². The number of hydrogen-bond acceptors (Lipinski definition) is 5. The van der Waals surface area contributed by atoms with Crippen LogP contribution in [0, 0.1) is 0 Å². The number of alkyl carbamates (subject to hydrolysis) is 1. The van der Waals surface area contributed by atoms with Gasteiger partial charge in [0.05, 0.1) is 6.26 Å². The lowest BCUT2D eigenvalue weighted by atomic mass is 10.2. The Labute approximate surface area is 142 Å². The molecule has 0 aliphatic heterocycles. The highest BCUT2D eigenvalue weighted by Gasteiger charge is 2.15. The summed E-state index contributed by atoms with van der Waals surface area (Å²) in [4.78, 5) is 23.2. The monoisotopic (exact) mass is 357 g/mol. The molecule has 0 heterocycles. The summed E-state index contributed by atoms with van der Waals surface area (Å²) in [6, 6.07) is 6.23. The molecule has 1 aromatic carbocycles. The van der Waals surface area contributed by atoms with Gasteiger partial charge in [-0.1, -0.05) is 0 Å². The second kappa shape index (κ2) is 8.00. The van der Waals surface area contributed by atoms with Crippen molar-refractivity contribution in [2.75, 3.05) is 22.8 Å². The van der Waals surface area contributed by atoms with Crippen LogP contribution >= 0.6 is 0 Å². The molecule has 0 unspecified atom stereocenters. The lowest BCUT2D eigenvalue weighted by Gasteiger charge is -2.19. The largest absolute Gasteiger partial charge is 0.444 e.